The molecule has 3 N–H and O–H groups in total. The van der Waals surface area contributed by atoms with Crippen LogP contribution in [0.5, 0.6) is 0 Å². The molecule has 2 unspecified atom stereocenters. The van der Waals surface area contributed by atoms with Crippen LogP contribution in [0.4, 0.5) is 0 Å². The van der Waals surface area contributed by atoms with E-state index >= 15 is 0 Å². The van der Waals surface area contributed by atoms with Crippen LogP contribution in [-0.2, 0) is 0 Å². The lowest BCUT2D eigenvalue weighted by molar-refractivity contribution is 0.545. The molecule has 0 aliphatic rings. The maximum absolute atomic E-state index is 8.79. The number of aryl methyl sites for hydroxylation is 1. The first kappa shape index (κ1) is 12.0. The zero-order chi connectivity index (χ0) is 11.5. The van der Waals surface area contributed by atoms with Gasteiger partial charge in [-0.1, -0.05) is 18.7 Å². The second-order valence-electron chi connectivity index (χ2n) is 3.87. The van der Waals surface area contributed by atoms with E-state index in [4.69, 9.17) is 11.0 Å². The Balaban J connectivity index is 2.50. The van der Waals surface area contributed by atoms with Crippen molar-refractivity contribution < 1.29 is 0 Å². The molecule has 82 valence electrons. The van der Waals surface area contributed by atoms with Crippen LogP contribution in [-0.4, -0.2) is 26.0 Å². The zero-order valence-corrected chi connectivity index (χ0v) is 9.93. The van der Waals surface area contributed by atoms with Gasteiger partial charge in [-0.05, 0) is 20.3 Å². The number of thioether (sulfide) groups is 1. The fourth-order valence-electron chi connectivity index (χ4n) is 1.24. The lowest BCUT2D eigenvalue weighted by Crippen LogP contribution is -2.36. The van der Waals surface area contributed by atoms with Crippen LogP contribution in [0.2, 0.25) is 0 Å². The third kappa shape index (κ3) is 3.90. The number of aromatic nitrogens is 3. The second kappa shape index (κ2) is 4.64. The standard InChI is InChI=1S/C9H15N5S/c1-6(4-9(3,11)5-10)15-8-12-7(2)13-14-8/h6H,4,11H2,1-3H3,(H,12,13,14). The molecule has 6 heteroatoms. The monoisotopic (exact) mass is 225 g/mol. The van der Waals surface area contributed by atoms with Gasteiger partial charge < -0.3 is 5.73 Å². The quantitative estimate of drug-likeness (QED) is 0.752. The van der Waals surface area contributed by atoms with Crippen LogP contribution >= 0.6 is 11.8 Å². The molecule has 0 radical (unpaired) electrons. The summed E-state index contributed by atoms with van der Waals surface area (Å²) in [4.78, 5) is 4.18. The minimum atomic E-state index is -0.780. The molecule has 0 spiro atoms. The number of hydrogen-bond donors (Lipinski definition) is 2. The molecule has 0 aromatic carbocycles. The lowest BCUT2D eigenvalue weighted by Gasteiger charge is -2.18. The first-order valence-electron chi connectivity index (χ1n) is 4.69. The predicted molar refractivity (Wildman–Crippen MR) is 59.3 cm³/mol. The van der Waals surface area contributed by atoms with E-state index in [-0.39, 0.29) is 5.25 Å². The van der Waals surface area contributed by atoms with Gasteiger partial charge in [0.2, 0.25) is 5.16 Å². The van der Waals surface area contributed by atoms with Gasteiger partial charge in [-0.2, -0.15) is 5.26 Å². The molecule has 0 amide bonds. The van der Waals surface area contributed by atoms with Crippen molar-refractivity contribution in [3.05, 3.63) is 5.82 Å². The molecule has 0 bridgehead atoms. The molecule has 0 aliphatic carbocycles. The molecule has 0 saturated heterocycles. The number of nitrogens with two attached hydrogens (primary N) is 1. The summed E-state index contributed by atoms with van der Waals surface area (Å²) < 4.78 is 0. The SMILES string of the molecule is Cc1nc(SC(C)CC(C)(N)C#N)n[nH]1. The van der Waals surface area contributed by atoms with Crippen LogP contribution in [0.1, 0.15) is 26.1 Å². The van der Waals surface area contributed by atoms with Crippen LogP contribution in [0.3, 0.4) is 0 Å². The summed E-state index contributed by atoms with van der Waals surface area (Å²) in [7, 11) is 0. The summed E-state index contributed by atoms with van der Waals surface area (Å²) in [5, 5.41) is 16.5. The van der Waals surface area contributed by atoms with Gasteiger partial charge >= 0.3 is 0 Å². The van der Waals surface area contributed by atoms with Gasteiger partial charge in [0.25, 0.3) is 0 Å². The number of aromatic amines is 1. The summed E-state index contributed by atoms with van der Waals surface area (Å²) in [6.07, 6.45) is 0.613. The zero-order valence-electron chi connectivity index (χ0n) is 9.11. The fourth-order valence-corrected chi connectivity index (χ4v) is 2.32. The summed E-state index contributed by atoms with van der Waals surface area (Å²) >= 11 is 1.52. The first-order valence-corrected chi connectivity index (χ1v) is 5.57. The average Bonchev–Trinajstić information content (AvgIpc) is 2.50. The van der Waals surface area contributed by atoms with E-state index in [1.165, 1.54) is 11.8 Å². The van der Waals surface area contributed by atoms with Crippen LogP contribution in [0.25, 0.3) is 0 Å². The number of nitrogens with zero attached hydrogens (tertiary/aromatic N) is 3. The molecular formula is C9H15N5S. The normalized spacial score (nSPS) is 16.7. The maximum atomic E-state index is 8.79. The number of hydrogen-bond acceptors (Lipinski definition) is 5. The summed E-state index contributed by atoms with van der Waals surface area (Å²) in [5.74, 6) is 0.792. The van der Waals surface area contributed by atoms with Crippen molar-refractivity contribution in [2.75, 3.05) is 0 Å². The third-order valence-corrected chi connectivity index (χ3v) is 2.81. The van der Waals surface area contributed by atoms with E-state index in [2.05, 4.69) is 21.3 Å². The number of nitriles is 1. The summed E-state index contributed by atoms with van der Waals surface area (Å²) in [5.41, 5.74) is 4.97. The highest BCUT2D eigenvalue weighted by molar-refractivity contribution is 7.99. The number of H-pyrrole nitrogens is 1. The van der Waals surface area contributed by atoms with Crippen molar-refractivity contribution in [1.82, 2.24) is 15.2 Å². The molecular weight excluding hydrogens is 210 g/mol. The Morgan fingerprint density at radius 2 is 2.40 bits per heavy atom. The molecule has 15 heavy (non-hydrogen) atoms. The molecule has 1 aromatic heterocycles. The Morgan fingerprint density at radius 3 is 2.87 bits per heavy atom. The van der Waals surface area contributed by atoms with Gasteiger partial charge in [0.15, 0.2) is 0 Å². The van der Waals surface area contributed by atoms with Crippen molar-refractivity contribution in [3.63, 3.8) is 0 Å². The minimum absolute atomic E-state index is 0.217. The number of nitrogens with one attached hydrogen (secondary N) is 1. The van der Waals surface area contributed by atoms with Crippen molar-refractivity contribution in [2.45, 2.75) is 43.1 Å². The average molecular weight is 225 g/mol. The summed E-state index contributed by atoms with van der Waals surface area (Å²) in [6.45, 7) is 5.59. The van der Waals surface area contributed by atoms with Crippen molar-refractivity contribution in [3.8, 4) is 6.07 Å². The van der Waals surface area contributed by atoms with Crippen molar-refractivity contribution >= 4 is 11.8 Å². The van der Waals surface area contributed by atoms with Gasteiger partial charge in [-0.25, -0.2) is 4.98 Å². The van der Waals surface area contributed by atoms with Crippen molar-refractivity contribution in [1.29, 1.82) is 5.26 Å². The minimum Gasteiger partial charge on any atom is -0.314 e. The van der Waals surface area contributed by atoms with Crippen LogP contribution in [0.15, 0.2) is 5.16 Å². The van der Waals surface area contributed by atoms with Gasteiger partial charge in [0.05, 0.1) is 6.07 Å². The van der Waals surface area contributed by atoms with Crippen LogP contribution in [0, 0.1) is 18.3 Å². The fraction of sp³-hybridized carbons (Fsp3) is 0.667. The highest BCUT2D eigenvalue weighted by Gasteiger charge is 2.22. The molecule has 2 atom stereocenters. The molecule has 0 aliphatic heterocycles. The highest BCUT2D eigenvalue weighted by atomic mass is 32.2. The topological polar surface area (TPSA) is 91.4 Å². The molecule has 0 fully saturated rings. The first-order chi connectivity index (χ1) is 6.93. The molecule has 1 heterocycles. The summed E-state index contributed by atoms with van der Waals surface area (Å²) in [6, 6.07) is 2.08. The Hall–Kier alpha value is -1.06. The van der Waals surface area contributed by atoms with E-state index in [1.807, 2.05) is 13.8 Å². The predicted octanol–water partition coefficient (Wildman–Crippen LogP) is 1.22. The third-order valence-electron chi connectivity index (χ3n) is 1.85. The van der Waals surface area contributed by atoms with E-state index in [9.17, 15) is 0 Å². The Bertz CT molecular complexity index is 365. The molecule has 0 saturated carbocycles. The Labute approximate surface area is 93.5 Å². The van der Waals surface area contributed by atoms with E-state index in [0.29, 0.717) is 11.6 Å². The molecule has 5 nitrogen and oxygen atoms in total. The molecule has 1 aromatic rings. The number of rotatable bonds is 4. The Kier molecular flexibility index (Phi) is 3.72. The van der Waals surface area contributed by atoms with Crippen LogP contribution < -0.4 is 5.73 Å². The van der Waals surface area contributed by atoms with Gasteiger partial charge in [-0.15, -0.1) is 5.10 Å². The smallest absolute Gasteiger partial charge is 0.208 e. The highest BCUT2D eigenvalue weighted by Crippen LogP contribution is 2.24. The van der Waals surface area contributed by atoms with E-state index < -0.39 is 5.54 Å². The Morgan fingerprint density at radius 1 is 1.73 bits per heavy atom. The maximum Gasteiger partial charge on any atom is 0.208 e. The lowest BCUT2D eigenvalue weighted by atomic mass is 10.00. The van der Waals surface area contributed by atoms with E-state index in [0.717, 1.165) is 5.82 Å². The van der Waals surface area contributed by atoms with E-state index in [1.54, 1.807) is 6.92 Å². The molecule has 1 rings (SSSR count). The second-order valence-corrected chi connectivity index (χ2v) is 5.27. The largest absolute Gasteiger partial charge is 0.314 e. The van der Waals surface area contributed by atoms with Gasteiger partial charge in [-0.3, -0.25) is 5.10 Å². The van der Waals surface area contributed by atoms with Gasteiger partial charge in [0, 0.05) is 5.25 Å². The van der Waals surface area contributed by atoms with Crippen molar-refractivity contribution in [2.24, 2.45) is 5.73 Å². The van der Waals surface area contributed by atoms with Gasteiger partial charge in [0.1, 0.15) is 11.4 Å².